The first-order valence-electron chi connectivity index (χ1n) is 5.87. The first-order valence-corrected chi connectivity index (χ1v) is 5.87. The van der Waals surface area contributed by atoms with Gasteiger partial charge in [0.1, 0.15) is 0 Å². The molecule has 19 heavy (non-hydrogen) atoms. The summed E-state index contributed by atoms with van der Waals surface area (Å²) in [5, 5.41) is 25.4. The third-order valence-corrected chi connectivity index (χ3v) is 3.05. The molecule has 100 valence electrons. The van der Waals surface area contributed by atoms with Gasteiger partial charge in [0.15, 0.2) is 11.6 Å². The Bertz CT molecular complexity index is 602. The Morgan fingerprint density at radius 1 is 1.42 bits per heavy atom. The third-order valence-electron chi connectivity index (χ3n) is 3.05. The molecule has 1 saturated heterocycles. The second-order valence-electron chi connectivity index (χ2n) is 4.47. The Hall–Kier alpha value is -1.99. The Morgan fingerprint density at radius 3 is 2.95 bits per heavy atom. The van der Waals surface area contributed by atoms with Crippen LogP contribution in [0, 0.1) is 5.82 Å². The molecule has 0 spiro atoms. The number of aliphatic hydroxyl groups excluding tert-OH is 1. The number of halogens is 1. The van der Waals surface area contributed by atoms with Crippen LogP contribution in [0.25, 0.3) is 11.4 Å². The highest BCUT2D eigenvalue weighted by atomic mass is 19.1. The van der Waals surface area contributed by atoms with Crippen molar-refractivity contribution in [3.8, 4) is 17.1 Å². The highest BCUT2D eigenvalue weighted by molar-refractivity contribution is 5.55. The van der Waals surface area contributed by atoms with E-state index in [1.165, 1.54) is 12.1 Å². The van der Waals surface area contributed by atoms with Crippen molar-refractivity contribution in [2.24, 2.45) is 0 Å². The molecule has 7 heteroatoms. The van der Waals surface area contributed by atoms with Crippen LogP contribution >= 0.6 is 0 Å². The van der Waals surface area contributed by atoms with Crippen molar-refractivity contribution >= 4 is 0 Å². The minimum Gasteiger partial charge on any atom is -0.505 e. The minimum absolute atomic E-state index is 0.182. The van der Waals surface area contributed by atoms with E-state index in [-0.39, 0.29) is 11.9 Å². The molecule has 0 radical (unpaired) electrons. The number of phenolic OH excluding ortho intramolecular Hbond substituents is 1. The normalized spacial score (nSPS) is 22.8. The van der Waals surface area contributed by atoms with Crippen LogP contribution in [0.4, 0.5) is 4.39 Å². The largest absolute Gasteiger partial charge is 0.505 e. The lowest BCUT2D eigenvalue weighted by molar-refractivity contribution is 0.191. The monoisotopic (exact) mass is 265 g/mol. The number of hydrogen-bond acceptors (Lipinski definition) is 6. The fourth-order valence-electron chi connectivity index (χ4n) is 2.05. The molecule has 0 aliphatic carbocycles. The summed E-state index contributed by atoms with van der Waals surface area (Å²) in [7, 11) is 0. The maximum Gasteiger partial charge on any atom is 0.244 e. The summed E-state index contributed by atoms with van der Waals surface area (Å²) in [5.74, 6) is -0.552. The molecule has 6 nitrogen and oxygen atoms in total. The molecule has 2 heterocycles. The SMILES string of the molecule is Oc1ccc(-c2noc([C@H]3C[C@H](O)CN3)n2)cc1F. The quantitative estimate of drug-likeness (QED) is 0.749. The van der Waals surface area contributed by atoms with Crippen molar-refractivity contribution in [3.05, 3.63) is 29.9 Å². The molecule has 3 rings (SSSR count). The Labute approximate surface area is 107 Å². The molecular weight excluding hydrogens is 253 g/mol. The predicted octanol–water partition coefficient (Wildman–Crippen LogP) is 0.977. The van der Waals surface area contributed by atoms with Gasteiger partial charge in [0, 0.05) is 12.1 Å². The Balaban J connectivity index is 1.86. The van der Waals surface area contributed by atoms with Crippen molar-refractivity contribution in [2.75, 3.05) is 6.54 Å². The zero-order chi connectivity index (χ0) is 13.4. The fraction of sp³-hybridized carbons (Fsp3) is 0.333. The van der Waals surface area contributed by atoms with E-state index in [9.17, 15) is 9.50 Å². The first-order chi connectivity index (χ1) is 9.13. The van der Waals surface area contributed by atoms with Crippen LogP contribution < -0.4 is 5.32 Å². The lowest BCUT2D eigenvalue weighted by Crippen LogP contribution is -2.15. The molecular formula is C12H12FN3O3. The predicted molar refractivity (Wildman–Crippen MR) is 62.7 cm³/mol. The van der Waals surface area contributed by atoms with E-state index in [0.29, 0.717) is 24.4 Å². The highest BCUT2D eigenvalue weighted by Crippen LogP contribution is 2.26. The minimum atomic E-state index is -0.738. The molecule has 0 unspecified atom stereocenters. The highest BCUT2D eigenvalue weighted by Gasteiger charge is 2.28. The lowest BCUT2D eigenvalue weighted by atomic mass is 10.2. The van der Waals surface area contributed by atoms with Gasteiger partial charge in [0.25, 0.3) is 0 Å². The van der Waals surface area contributed by atoms with E-state index in [1.807, 2.05) is 0 Å². The number of benzene rings is 1. The third kappa shape index (κ3) is 2.29. The zero-order valence-corrected chi connectivity index (χ0v) is 9.88. The van der Waals surface area contributed by atoms with E-state index in [4.69, 9.17) is 9.63 Å². The topological polar surface area (TPSA) is 91.4 Å². The molecule has 1 fully saturated rings. The maximum absolute atomic E-state index is 13.2. The molecule has 2 atom stereocenters. The van der Waals surface area contributed by atoms with Crippen LogP contribution in [-0.2, 0) is 0 Å². The molecule has 0 amide bonds. The first kappa shape index (κ1) is 12.1. The number of β-amino-alcohol motifs (C(OH)–C–C–N with tert-alkyl or cyclic N) is 1. The van der Waals surface area contributed by atoms with Crippen LogP contribution in [0.2, 0.25) is 0 Å². The number of rotatable bonds is 2. The van der Waals surface area contributed by atoms with Gasteiger partial charge < -0.3 is 20.1 Å². The summed E-state index contributed by atoms with van der Waals surface area (Å²) in [6.07, 6.45) is 0.0810. The van der Waals surface area contributed by atoms with E-state index in [0.717, 1.165) is 6.07 Å². The van der Waals surface area contributed by atoms with Crippen LogP contribution in [0.3, 0.4) is 0 Å². The van der Waals surface area contributed by atoms with Gasteiger partial charge in [0.2, 0.25) is 11.7 Å². The Morgan fingerprint density at radius 2 is 2.26 bits per heavy atom. The maximum atomic E-state index is 13.2. The molecule has 3 N–H and O–H groups in total. The molecule has 1 aromatic carbocycles. The van der Waals surface area contributed by atoms with Crippen molar-refractivity contribution in [3.63, 3.8) is 0 Å². The second-order valence-corrected chi connectivity index (χ2v) is 4.47. The Kier molecular flexibility index (Phi) is 2.92. The number of aromatic hydroxyl groups is 1. The van der Waals surface area contributed by atoms with Crippen molar-refractivity contribution in [1.29, 1.82) is 0 Å². The van der Waals surface area contributed by atoms with E-state index < -0.39 is 17.7 Å². The van der Waals surface area contributed by atoms with Gasteiger partial charge in [-0.25, -0.2) is 4.39 Å². The summed E-state index contributed by atoms with van der Waals surface area (Å²) < 4.78 is 18.3. The zero-order valence-electron chi connectivity index (χ0n) is 9.88. The van der Waals surface area contributed by atoms with Crippen LogP contribution in [-0.4, -0.2) is 33.0 Å². The molecule has 2 aromatic rings. The average Bonchev–Trinajstić information content (AvgIpc) is 3.01. The van der Waals surface area contributed by atoms with Gasteiger partial charge in [-0.2, -0.15) is 4.98 Å². The molecule has 0 saturated carbocycles. The molecule has 1 aliphatic rings. The molecule has 1 aromatic heterocycles. The number of aliphatic hydroxyl groups is 1. The van der Waals surface area contributed by atoms with Crippen molar-refractivity contribution in [2.45, 2.75) is 18.6 Å². The van der Waals surface area contributed by atoms with Gasteiger partial charge >= 0.3 is 0 Å². The van der Waals surface area contributed by atoms with Gasteiger partial charge in [-0.15, -0.1) is 0 Å². The van der Waals surface area contributed by atoms with Crippen LogP contribution in [0.1, 0.15) is 18.4 Å². The summed E-state index contributed by atoms with van der Waals surface area (Å²) in [6, 6.07) is 3.70. The summed E-state index contributed by atoms with van der Waals surface area (Å²) >= 11 is 0. The smallest absolute Gasteiger partial charge is 0.244 e. The number of aromatic nitrogens is 2. The van der Waals surface area contributed by atoms with Crippen LogP contribution in [0.15, 0.2) is 22.7 Å². The average molecular weight is 265 g/mol. The number of phenols is 1. The van der Waals surface area contributed by atoms with Gasteiger partial charge in [-0.05, 0) is 24.6 Å². The standard InChI is InChI=1S/C12H12FN3O3/c13-8-3-6(1-2-10(8)18)11-15-12(19-16-11)9-4-7(17)5-14-9/h1-3,7,9,14,17-18H,4-5H2/t7-,9+/m0/s1. The lowest BCUT2D eigenvalue weighted by Gasteiger charge is -2.01. The summed E-state index contributed by atoms with van der Waals surface area (Å²) in [4.78, 5) is 4.17. The van der Waals surface area contributed by atoms with E-state index in [2.05, 4.69) is 15.5 Å². The van der Waals surface area contributed by atoms with Gasteiger partial charge in [-0.3, -0.25) is 0 Å². The number of hydrogen-bond donors (Lipinski definition) is 3. The molecule has 0 bridgehead atoms. The van der Waals surface area contributed by atoms with Crippen molar-refractivity contribution < 1.29 is 19.1 Å². The van der Waals surface area contributed by atoms with E-state index in [1.54, 1.807) is 0 Å². The van der Waals surface area contributed by atoms with Crippen LogP contribution in [0.5, 0.6) is 5.75 Å². The molecule has 1 aliphatic heterocycles. The number of nitrogens with one attached hydrogen (secondary N) is 1. The second kappa shape index (κ2) is 4.60. The van der Waals surface area contributed by atoms with Gasteiger partial charge in [-0.1, -0.05) is 5.16 Å². The van der Waals surface area contributed by atoms with Crippen molar-refractivity contribution in [1.82, 2.24) is 15.5 Å². The van der Waals surface area contributed by atoms with Gasteiger partial charge in [0.05, 0.1) is 12.1 Å². The van der Waals surface area contributed by atoms with E-state index >= 15 is 0 Å². The summed E-state index contributed by atoms with van der Waals surface area (Å²) in [6.45, 7) is 0.482. The summed E-state index contributed by atoms with van der Waals surface area (Å²) in [5.41, 5.74) is 0.420. The number of nitrogens with zero attached hydrogens (tertiary/aromatic N) is 2. The fourth-order valence-corrected chi connectivity index (χ4v) is 2.05.